The third-order valence-electron chi connectivity index (χ3n) is 15.6. The minimum atomic E-state index is 0.762. The molecule has 2 N–H and O–H groups in total. The molecule has 8 aromatic carbocycles. The topological polar surface area (TPSA) is 26.0 Å². The molecule has 0 atom stereocenters. The predicted molar refractivity (Wildman–Crippen MR) is 330 cm³/mol. The Hall–Kier alpha value is -9.30. The molecule has 76 heavy (non-hydrogen) atoms. The van der Waals surface area contributed by atoms with Crippen molar-refractivity contribution in [3.63, 3.8) is 0 Å². The molecule has 0 radical (unpaired) electrons. The highest BCUT2D eigenvalue weighted by Gasteiger charge is 2.37. The third kappa shape index (κ3) is 8.31. The van der Waals surface area contributed by atoms with Gasteiger partial charge in [0.1, 0.15) is 0 Å². The smallest absolute Gasteiger partial charge is 0.0393 e. The van der Waals surface area contributed by atoms with Crippen LogP contribution in [0.15, 0.2) is 249 Å². The summed E-state index contributed by atoms with van der Waals surface area (Å²) in [6.45, 7) is 20.5. The van der Waals surface area contributed by atoms with Gasteiger partial charge in [0, 0.05) is 11.3 Å². The first kappa shape index (κ1) is 47.7. The average Bonchev–Trinajstić information content (AvgIpc) is 4.20. The van der Waals surface area contributed by atoms with Crippen molar-refractivity contribution in [3.8, 4) is 11.1 Å². The first-order valence-corrected chi connectivity index (χ1v) is 26.4. The average molecular weight is 974 g/mol. The van der Waals surface area contributed by atoms with Gasteiger partial charge in [0.05, 0.1) is 0 Å². The molecule has 0 unspecified atom stereocenters. The van der Waals surface area contributed by atoms with Crippen LogP contribution in [0.5, 0.6) is 0 Å². The summed E-state index contributed by atoms with van der Waals surface area (Å²) in [6.07, 6.45) is 23.4. The molecular formula is C75H59N. The lowest BCUT2D eigenvalue weighted by Crippen LogP contribution is -2.26. The fourth-order valence-electron chi connectivity index (χ4n) is 12.1. The van der Waals surface area contributed by atoms with Gasteiger partial charge in [-0.05, 0) is 178 Å². The van der Waals surface area contributed by atoms with Crippen molar-refractivity contribution < 1.29 is 0 Å². The lowest BCUT2D eigenvalue weighted by molar-refractivity contribution is 1.27. The van der Waals surface area contributed by atoms with E-state index in [4.69, 9.17) is 18.9 Å². The largest absolute Gasteiger partial charge is 0.398 e. The fraction of sp³-hybridized carbons (Fsp3) is 0.0667. The van der Waals surface area contributed by atoms with Crippen LogP contribution in [-0.2, 0) is 0 Å². The van der Waals surface area contributed by atoms with E-state index in [2.05, 4.69) is 234 Å². The Bertz CT molecular complexity index is 4200. The van der Waals surface area contributed by atoms with E-state index in [1.54, 1.807) is 0 Å². The van der Waals surface area contributed by atoms with Crippen molar-refractivity contribution >= 4 is 78.8 Å². The number of fused-ring (bicyclic) bond motifs is 1. The molecule has 0 spiro atoms. The Balaban J connectivity index is 1.14. The Kier molecular flexibility index (Phi) is 12.5. The predicted octanol–water partition coefficient (Wildman–Crippen LogP) is 17.8. The number of benzene rings is 8. The van der Waals surface area contributed by atoms with Crippen LogP contribution in [0.3, 0.4) is 0 Å². The molecule has 0 saturated carbocycles. The Labute approximate surface area is 447 Å². The van der Waals surface area contributed by atoms with E-state index in [0.717, 1.165) is 74.2 Å². The molecule has 4 aliphatic carbocycles. The minimum absolute atomic E-state index is 0.762. The number of nitrogens with two attached hydrogens (primary N) is 1. The van der Waals surface area contributed by atoms with Crippen molar-refractivity contribution in [2.45, 2.75) is 33.6 Å². The molecule has 0 bridgehead atoms. The summed E-state index contributed by atoms with van der Waals surface area (Å²) < 4.78 is 0. The molecule has 364 valence electrons. The number of hydrogen-bond acceptors (Lipinski definition) is 1. The lowest BCUT2D eigenvalue weighted by Gasteiger charge is -2.22. The standard InChI is InChI=1S/C75H59N/c1-7-9-21-51(8-2)54-32-30-52(31-33-54)49(5)68-63-40-43-66-73-64(41-42-65(72(63)73)74(68)70(56-23-11-10-12-24-56)57-37-35-55(36-38-57)62-28-15-16-29-67(62)76)69(50(6)58-26-17-19-47(3)44-58)75(66)71(60-27-18-20-48(4)45-60)61-39-34-53-22-13-14-25-59(53)46-61/h7-23,25-38,40-46H,1,5-6,24,39,76H2,2-4H3/b21-9-,51-8+,70-56-,71-61+. The van der Waals surface area contributed by atoms with E-state index < -0.39 is 0 Å². The highest BCUT2D eigenvalue weighted by Crippen LogP contribution is 2.60. The summed E-state index contributed by atoms with van der Waals surface area (Å²) >= 11 is 0. The van der Waals surface area contributed by atoms with Crippen LogP contribution in [-0.4, -0.2) is 0 Å². The molecular weight excluding hydrogens is 915 g/mol. The first-order chi connectivity index (χ1) is 37.2. The van der Waals surface area contributed by atoms with Gasteiger partial charge < -0.3 is 5.73 Å². The highest BCUT2D eigenvalue weighted by atomic mass is 14.6. The van der Waals surface area contributed by atoms with Crippen LogP contribution in [0, 0.1) is 13.8 Å². The highest BCUT2D eigenvalue weighted by molar-refractivity contribution is 6.40. The number of aryl methyl sites for hydroxylation is 2. The second kappa shape index (κ2) is 19.9. The molecule has 0 amide bonds. The molecule has 12 rings (SSSR count). The number of para-hydroxylation sites is 1. The zero-order valence-electron chi connectivity index (χ0n) is 43.6. The number of anilines is 1. The van der Waals surface area contributed by atoms with Gasteiger partial charge in [0.15, 0.2) is 0 Å². The molecule has 4 aliphatic rings. The first-order valence-electron chi connectivity index (χ1n) is 26.4. The van der Waals surface area contributed by atoms with Gasteiger partial charge in [-0.1, -0.05) is 255 Å². The molecule has 0 aliphatic heterocycles. The van der Waals surface area contributed by atoms with Crippen molar-refractivity contribution in [2.75, 3.05) is 5.73 Å². The summed E-state index contributed by atoms with van der Waals surface area (Å²) in [7, 11) is 0. The summed E-state index contributed by atoms with van der Waals surface area (Å²) in [4.78, 5) is 0. The van der Waals surface area contributed by atoms with Crippen LogP contribution in [0.25, 0.3) is 84.2 Å². The van der Waals surface area contributed by atoms with E-state index >= 15 is 0 Å². The van der Waals surface area contributed by atoms with Crippen LogP contribution in [0.1, 0.15) is 81.0 Å². The number of rotatable bonds is 12. The number of allylic oxidation sites excluding steroid dienone is 19. The normalized spacial score (nSPS) is 15.8. The van der Waals surface area contributed by atoms with Crippen LogP contribution in [0.4, 0.5) is 5.69 Å². The minimum Gasteiger partial charge on any atom is -0.398 e. The van der Waals surface area contributed by atoms with E-state index in [-0.39, 0.29) is 0 Å². The van der Waals surface area contributed by atoms with E-state index in [1.807, 2.05) is 24.3 Å². The zero-order valence-corrected chi connectivity index (χ0v) is 43.6. The van der Waals surface area contributed by atoms with Gasteiger partial charge in [-0.3, -0.25) is 0 Å². The van der Waals surface area contributed by atoms with Gasteiger partial charge in [-0.15, -0.1) is 0 Å². The number of hydrogen-bond donors (Lipinski definition) is 1. The van der Waals surface area contributed by atoms with Crippen LogP contribution in [0.2, 0.25) is 0 Å². The summed E-state index contributed by atoms with van der Waals surface area (Å²) in [5.41, 5.74) is 35.2. The molecule has 0 saturated heterocycles. The molecule has 0 fully saturated rings. The maximum atomic E-state index is 6.58. The quantitative estimate of drug-likeness (QED) is 0.0958. The molecule has 1 heteroatoms. The van der Waals surface area contributed by atoms with Crippen molar-refractivity contribution in [1.82, 2.24) is 0 Å². The van der Waals surface area contributed by atoms with Gasteiger partial charge >= 0.3 is 0 Å². The van der Waals surface area contributed by atoms with Crippen molar-refractivity contribution in [3.05, 3.63) is 321 Å². The summed E-state index contributed by atoms with van der Waals surface area (Å²) in [5, 5.41) is 5.00. The lowest BCUT2D eigenvalue weighted by atomic mass is 9.81. The monoisotopic (exact) mass is 973 g/mol. The molecule has 0 heterocycles. The fourth-order valence-corrected chi connectivity index (χ4v) is 12.1. The van der Waals surface area contributed by atoms with Crippen molar-refractivity contribution in [1.29, 1.82) is 0 Å². The second-order valence-corrected chi connectivity index (χ2v) is 20.3. The SMILES string of the molecule is C=C/C=C\C(=C/C)c1ccc(C(=C)C2=C(/C(=C3/C=CC=CC3)c3ccc(-c4ccccc4N)cc3)c3ccc4c5c(ccc2c35)C(/C(=C2/C=c3ccccc3=CC2)c2cccc(C)c2)=C4C(=C)c2cccc(C)c2)cc1. The van der Waals surface area contributed by atoms with Gasteiger partial charge in [0.25, 0.3) is 0 Å². The maximum absolute atomic E-state index is 6.58. The maximum Gasteiger partial charge on any atom is 0.0393 e. The number of nitrogen functional groups attached to an aromatic ring is 1. The van der Waals surface area contributed by atoms with Gasteiger partial charge in [-0.25, -0.2) is 0 Å². The molecule has 8 aromatic rings. The summed E-state index contributed by atoms with van der Waals surface area (Å²) in [5.74, 6) is 0. The Morgan fingerprint density at radius 1 is 0.500 bits per heavy atom. The Morgan fingerprint density at radius 2 is 1.07 bits per heavy atom. The zero-order chi connectivity index (χ0) is 52.0. The van der Waals surface area contributed by atoms with E-state index in [1.165, 1.54) is 99.2 Å². The van der Waals surface area contributed by atoms with Crippen molar-refractivity contribution in [2.24, 2.45) is 0 Å². The van der Waals surface area contributed by atoms with Crippen LogP contribution < -0.4 is 16.2 Å². The summed E-state index contributed by atoms with van der Waals surface area (Å²) in [6, 6.07) is 62.3. The van der Waals surface area contributed by atoms with Gasteiger partial charge in [-0.2, -0.15) is 0 Å². The van der Waals surface area contributed by atoms with E-state index in [9.17, 15) is 0 Å². The Morgan fingerprint density at radius 3 is 1.68 bits per heavy atom. The molecule has 0 aromatic heterocycles. The van der Waals surface area contributed by atoms with E-state index in [0.29, 0.717) is 0 Å². The second-order valence-electron chi connectivity index (χ2n) is 20.3. The third-order valence-corrected chi connectivity index (χ3v) is 15.6. The van der Waals surface area contributed by atoms with Crippen LogP contribution >= 0.6 is 0 Å². The molecule has 1 nitrogen and oxygen atoms in total. The van der Waals surface area contributed by atoms with Gasteiger partial charge in [0.2, 0.25) is 0 Å².